The van der Waals surface area contributed by atoms with E-state index < -0.39 is 53.5 Å². The van der Waals surface area contributed by atoms with Crippen molar-refractivity contribution in [2.75, 3.05) is 47.9 Å². The molecule has 734 valence electrons. The summed E-state index contributed by atoms with van der Waals surface area (Å²) in [4.78, 5) is 161. The molecule has 12 heterocycles. The number of Topliss-reactive ketones (excluding diaryl/α,β-unsaturated/α-hetero) is 2. The molecule has 0 bridgehead atoms. The zero-order valence-electron chi connectivity index (χ0n) is 77.2. The molecule has 0 spiro atoms. The number of halogens is 4. The Morgan fingerprint density at radius 3 is 1.17 bits per heavy atom. The molecule has 8 aromatic heterocycles. The van der Waals surface area contributed by atoms with Crippen LogP contribution in [0, 0.1) is 88.9 Å². The van der Waals surface area contributed by atoms with Gasteiger partial charge in [-0.1, -0.05) is 36.4 Å². The Labute approximate surface area is 876 Å². The van der Waals surface area contributed by atoms with E-state index in [0.29, 0.717) is 115 Å². The van der Waals surface area contributed by atoms with Crippen LogP contribution >= 0.6 is 77.2 Å². The molecule has 2 aromatic carbocycles. The van der Waals surface area contributed by atoms with Crippen LogP contribution in [0.5, 0.6) is 0 Å². The van der Waals surface area contributed by atoms with Crippen LogP contribution in [0.1, 0.15) is 136 Å². The van der Waals surface area contributed by atoms with Gasteiger partial charge in [-0.15, -0.1) is 0 Å². The van der Waals surface area contributed by atoms with E-state index in [1.165, 1.54) is 47.6 Å². The first-order valence-corrected chi connectivity index (χ1v) is 53.9. The van der Waals surface area contributed by atoms with Crippen molar-refractivity contribution < 1.29 is 67.6 Å². The summed E-state index contributed by atoms with van der Waals surface area (Å²) >= 11 is 37.4. The number of carboxylic acid groups (broad SMARTS) is 2. The molecule has 4 saturated carbocycles. The third-order valence-electron chi connectivity index (χ3n) is 23.1. The first-order valence-electron chi connectivity index (χ1n) is 42.7. The van der Waals surface area contributed by atoms with Crippen molar-refractivity contribution in [2.45, 2.75) is 171 Å². The lowest BCUT2D eigenvalue weighted by Crippen LogP contribution is -2.47. The molecule has 10 aromatic rings. The summed E-state index contributed by atoms with van der Waals surface area (Å²) in [6.45, 7) is 27.2. The number of nitrogen functional groups attached to an aromatic ring is 1. The minimum atomic E-state index is -1.01. The Bertz CT molecular complexity index is 6380. The van der Waals surface area contributed by atoms with E-state index in [1.54, 1.807) is 73.0 Å². The number of likely N-dealkylation sites (tertiary alicyclic amines) is 3. The normalized spacial score (nSPS) is 20.1. The van der Waals surface area contributed by atoms with Crippen LogP contribution in [0.15, 0.2) is 128 Å². The van der Waals surface area contributed by atoms with Gasteiger partial charge in [0.05, 0.1) is 17.1 Å². The summed E-state index contributed by atoms with van der Waals surface area (Å²) in [5.41, 5.74) is 13.2. The number of anilines is 4. The lowest BCUT2D eigenvalue weighted by atomic mass is 10.0. The monoisotopic (exact) mass is 2320 g/mol. The molecule has 48 heteroatoms. The highest BCUT2D eigenvalue weighted by atomic mass is 79.9. The van der Waals surface area contributed by atoms with Crippen molar-refractivity contribution in [3.63, 3.8) is 0 Å². The van der Waals surface area contributed by atoms with E-state index in [4.69, 9.17) is 25.4 Å². The third-order valence-corrected chi connectivity index (χ3v) is 27.1. The van der Waals surface area contributed by atoms with Crippen molar-refractivity contribution in [3.8, 4) is 22.3 Å². The summed E-state index contributed by atoms with van der Waals surface area (Å²) in [7, 11) is 3.26. The van der Waals surface area contributed by atoms with Gasteiger partial charge in [-0.05, 0) is 308 Å². The molecule has 12 atom stereocenters. The van der Waals surface area contributed by atoms with E-state index in [2.05, 4.69) is 202 Å². The number of nitrogens with two attached hydrogens (primary N) is 1. The van der Waals surface area contributed by atoms with Gasteiger partial charge >= 0.3 is 24.1 Å². The lowest BCUT2D eigenvalue weighted by Gasteiger charge is -2.29. The van der Waals surface area contributed by atoms with Gasteiger partial charge in [-0.2, -0.15) is 23.7 Å². The molecular formula is C90H102Br4N20O14S10. The maximum Gasteiger partial charge on any atom is 0.411 e. The lowest BCUT2D eigenvalue weighted by molar-refractivity contribution is -0.143. The number of aliphatic carboxylic acids is 2. The van der Waals surface area contributed by atoms with Crippen LogP contribution in [-0.4, -0.2) is 205 Å². The number of aromatic nitrogens is 12. The van der Waals surface area contributed by atoms with E-state index in [0.717, 1.165) is 94.3 Å². The summed E-state index contributed by atoms with van der Waals surface area (Å²) in [6, 6.07) is 24.3. The van der Waals surface area contributed by atoms with Crippen LogP contribution in [0.25, 0.3) is 44.1 Å². The van der Waals surface area contributed by atoms with Crippen molar-refractivity contribution in [1.29, 1.82) is 0 Å². The molecule has 4 aliphatic carbocycles. The Morgan fingerprint density at radius 2 is 0.826 bits per heavy atom. The van der Waals surface area contributed by atoms with Gasteiger partial charge in [-0.25, -0.2) is 54.3 Å². The second-order valence-electron chi connectivity index (χ2n) is 35.4. The number of nitrogens with zero attached hydrogens (tertiary/aromatic N) is 15. The largest absolute Gasteiger partial charge is 0.480 e. The van der Waals surface area contributed by atoms with E-state index in [9.17, 15) is 47.9 Å². The molecule has 4 saturated heterocycles. The van der Waals surface area contributed by atoms with Gasteiger partial charge in [-0.3, -0.25) is 52.7 Å². The minimum absolute atomic E-state index is 0. The molecule has 18 rings (SSSR count). The first-order chi connectivity index (χ1) is 64.8. The van der Waals surface area contributed by atoms with Gasteiger partial charge in [0.25, 0.3) is 0 Å². The van der Waals surface area contributed by atoms with Gasteiger partial charge < -0.3 is 51.6 Å². The number of aryl methyl sites for hydroxylation is 6. The number of fused-ring (bicyclic) bond motifs is 6. The fraction of sp³-hybridized carbons (Fsp3) is 0.422. The number of piperidine rings is 4. The Balaban J connectivity index is 0.000000190. The van der Waals surface area contributed by atoms with Crippen LogP contribution in [-0.2, 0) is 145 Å². The van der Waals surface area contributed by atoms with Crippen LogP contribution in [0.2, 0.25) is 0 Å². The molecular weight excluding hydrogens is 2230 g/mol. The Kier molecular flexibility index (Phi) is 40.7. The van der Waals surface area contributed by atoms with Crippen molar-refractivity contribution in [2.24, 2.45) is 47.3 Å². The van der Waals surface area contributed by atoms with E-state index >= 15 is 0 Å². The minimum Gasteiger partial charge on any atom is -0.480 e. The van der Waals surface area contributed by atoms with Gasteiger partial charge in [0, 0.05) is 174 Å². The Morgan fingerprint density at radius 1 is 0.478 bits per heavy atom. The molecule has 0 unspecified atom stereocenters. The number of pyridine rings is 4. The number of carboxylic acids is 2. The number of nitrogens with one attached hydrogen (secondary N) is 4. The maximum atomic E-state index is 13.6. The summed E-state index contributed by atoms with van der Waals surface area (Å²) < 4.78 is 16.3. The number of amides is 6. The number of hydrogen-bond donors (Lipinski definition) is 7. The molecule has 6 amide bonds. The molecule has 34 nitrogen and oxygen atoms in total. The summed E-state index contributed by atoms with van der Waals surface area (Å²) in [5.74, 6) is 3.52. The third kappa shape index (κ3) is 30.5. The zero-order valence-corrected chi connectivity index (χ0v) is 91.8. The van der Waals surface area contributed by atoms with E-state index in [-0.39, 0.29) is 91.3 Å². The summed E-state index contributed by atoms with van der Waals surface area (Å²) in [5, 5.41) is 39.9. The van der Waals surface area contributed by atoms with Crippen molar-refractivity contribution >= 4 is 275 Å². The number of carbonyl (C=O) groups excluding carboxylic acids is 8. The molecule has 8 N–H and O–H groups in total. The highest BCUT2D eigenvalue weighted by Crippen LogP contribution is 2.53. The zero-order chi connectivity index (χ0) is 101. The van der Waals surface area contributed by atoms with Crippen molar-refractivity contribution in [3.05, 3.63) is 173 Å². The molecule has 8 aliphatic rings. The standard InChI is InChI=1S/C28H26BrN7O3.C17H22BrN3O3.C16H14N4O3.C12H14BrN3O.C11H17NO4.C6H7BrN2.S4.S3.S2.H2S/c1-14-4-7-23(29)32-27(14)33-28(39)26-20-9-18(20)12-35(26)24(38)13-36-22-6-5-17(19-10-30-16(3)31-11-19)8-21(22)25(34-36)15(2)37;1-9-5-6-12(18)19-14(9)20-15(22)13-11-7-10(11)8-21(13)16(23)24-17(2,3)4;1-9(21)16-13-5-11(12-6-17-10(2)18-7-12)3-4-14(13)20(19-16)8-15(22)23;1-6-2-3-9(13)15-11(6)16-12(17)10-8-4-7(8)5-14-10;1-11(2,3)16-10(15)12-5-6-4-7(6)8(12)9(13)14;1-4-2-3-5(7)9-6(4)8;1-3-4-2;1-3-2;1-2;/h4-8,10-11,18,20,26H,9,12-13H2,1-3H3,(H,32,33,39);5-6,10-11,13H,7-8H2,1-4H3,(H,19,20,22);3-7H,8H2,1-2H3,(H,22,23);2-3,7-8,10,14H,4-5H2,1H3,(H,15,16,17);6-8H,4-5H2,1-3H3,(H,13,14);2-3H,1H3,(H2,8,9);;;;1H2/t18-,20-,26+;10-,11-,13+;;7-,8-,10+;6-,7-,8+;;;;;/m11.11...../s1. The number of ketones is 2. The SMILES string of the molecule is CC(=O)c1nn(CC(=O)N2C[C@H]3C[C@H]3[C@H]2C(=O)Nc2nc(Br)ccc2C)c2ccc(-c3cnc(C)nc3)cc12.CC(=O)c1nn(CC(=O)O)c2ccc(-c3cnc(C)nc3)cc12.CC(C)(C)OC(=O)N1C[C@H]2C[C@H]2[C@H]1C(=O)O.Cc1ccc(Br)nc1N.Cc1ccc(Br)nc1NC(=O)[C@@H]1[C@@H]2C[C@@H]2CN1C(=O)OC(C)(C)C.Cc1ccc(Br)nc1NC(=O)[C@H]1NC[C@H]2C[C@H]21.S.S=S.S=S=S.S=S=S=S. The molecule has 8 fully saturated rings. The van der Waals surface area contributed by atoms with E-state index in [1.807, 2.05) is 134 Å². The van der Waals surface area contributed by atoms with Crippen LogP contribution in [0.4, 0.5) is 32.9 Å². The topological polar surface area (TPSA) is 452 Å². The predicted molar refractivity (Wildman–Crippen MR) is 567 cm³/mol. The highest BCUT2D eigenvalue weighted by Gasteiger charge is 2.60. The average Bonchev–Trinajstić information content (AvgIpc) is 1.58. The maximum absolute atomic E-state index is 13.6. The van der Waals surface area contributed by atoms with Gasteiger partial charge in [0.15, 0.2) is 11.6 Å². The van der Waals surface area contributed by atoms with Crippen LogP contribution < -0.4 is 27.0 Å². The number of rotatable bonds is 15. The average molecular weight is 2330 g/mol. The van der Waals surface area contributed by atoms with Gasteiger partial charge in [0.2, 0.25) is 23.6 Å². The number of benzene rings is 2. The molecule has 0 radical (unpaired) electrons. The number of carbonyl (C=O) groups is 10. The quantitative estimate of drug-likeness (QED) is 0.0370. The smallest absolute Gasteiger partial charge is 0.411 e. The second kappa shape index (κ2) is 50.0. The molecule has 138 heavy (non-hydrogen) atoms. The fourth-order valence-electron chi connectivity index (χ4n) is 16.2. The van der Waals surface area contributed by atoms with Crippen molar-refractivity contribution in [1.82, 2.24) is 79.4 Å². The number of hydrogen-bond acceptors (Lipinski definition) is 30. The fourth-order valence-corrected chi connectivity index (χ4v) is 17.4. The highest BCUT2D eigenvalue weighted by molar-refractivity contribution is 9.11. The number of ether oxygens (including phenoxy) is 2. The predicted octanol–water partition coefficient (Wildman–Crippen LogP) is 14.2. The Hall–Kier alpha value is -9.15. The molecule has 4 aliphatic heterocycles. The van der Waals surface area contributed by atoms with Crippen LogP contribution in [0.3, 0.4) is 0 Å². The summed E-state index contributed by atoms with van der Waals surface area (Å²) in [6.07, 6.45) is 9.99. The van der Waals surface area contributed by atoms with Gasteiger partial charge in [0.1, 0.15) is 107 Å². The first kappa shape index (κ1) is 112. The second-order valence-corrected chi connectivity index (χ2v) is 44.0.